The quantitative estimate of drug-likeness (QED) is 0.747. The van der Waals surface area contributed by atoms with E-state index >= 15 is 0 Å². The van der Waals surface area contributed by atoms with Gasteiger partial charge in [0.05, 0.1) is 0 Å². The van der Waals surface area contributed by atoms with Crippen LogP contribution in [0.25, 0.3) is 0 Å². The van der Waals surface area contributed by atoms with Crippen molar-refractivity contribution in [2.45, 2.75) is 25.8 Å². The van der Waals surface area contributed by atoms with Gasteiger partial charge in [-0.1, -0.05) is 6.92 Å². The number of likely N-dealkylation sites (tertiary alicyclic amines) is 1. The van der Waals surface area contributed by atoms with E-state index in [1.165, 1.54) is 32.5 Å². The molecule has 1 unspecified atom stereocenters. The van der Waals surface area contributed by atoms with E-state index in [2.05, 4.69) is 18.1 Å². The fourth-order valence-electron chi connectivity index (χ4n) is 2.03. The van der Waals surface area contributed by atoms with Gasteiger partial charge in [-0.25, -0.2) is 0 Å². The lowest BCUT2D eigenvalue weighted by atomic mass is 9.91. The zero-order chi connectivity index (χ0) is 9.68. The molecule has 0 radical (unpaired) electrons. The molecular weight excluding hydrogens is 180 g/mol. The van der Waals surface area contributed by atoms with E-state index in [0.29, 0.717) is 6.04 Å². The van der Waals surface area contributed by atoms with Gasteiger partial charge in [-0.3, -0.25) is 0 Å². The van der Waals surface area contributed by atoms with E-state index in [0.717, 1.165) is 11.7 Å². The zero-order valence-corrected chi connectivity index (χ0v) is 9.65. The number of hydrogen-bond acceptors (Lipinski definition) is 3. The molecule has 1 rings (SSSR count). The summed E-state index contributed by atoms with van der Waals surface area (Å²) in [7, 11) is 0. The number of piperidine rings is 1. The van der Waals surface area contributed by atoms with Gasteiger partial charge in [0.25, 0.3) is 0 Å². The minimum Gasteiger partial charge on any atom is -0.327 e. The lowest BCUT2D eigenvalue weighted by Crippen LogP contribution is -2.41. The summed E-state index contributed by atoms with van der Waals surface area (Å²) < 4.78 is 0. The molecule has 0 saturated carbocycles. The SMILES string of the molecule is CCN1CCC(C(N)CSC)CC1. The summed E-state index contributed by atoms with van der Waals surface area (Å²) in [5.74, 6) is 1.90. The first kappa shape index (κ1) is 11.3. The number of hydrogen-bond donors (Lipinski definition) is 1. The molecule has 1 aliphatic rings. The predicted octanol–water partition coefficient (Wildman–Crippen LogP) is 1.41. The molecule has 0 aliphatic carbocycles. The molecule has 1 atom stereocenters. The molecule has 0 aromatic carbocycles. The molecule has 2 N–H and O–H groups in total. The molecule has 3 heteroatoms. The van der Waals surface area contributed by atoms with Crippen LogP contribution in [-0.4, -0.2) is 42.6 Å². The molecule has 0 bridgehead atoms. The Balaban J connectivity index is 2.23. The Morgan fingerprint density at radius 3 is 2.54 bits per heavy atom. The van der Waals surface area contributed by atoms with Crippen molar-refractivity contribution in [1.82, 2.24) is 4.90 Å². The van der Waals surface area contributed by atoms with Gasteiger partial charge in [-0.2, -0.15) is 11.8 Å². The fourth-order valence-corrected chi connectivity index (χ4v) is 2.68. The normalized spacial score (nSPS) is 23.3. The third kappa shape index (κ3) is 3.49. The topological polar surface area (TPSA) is 29.3 Å². The van der Waals surface area contributed by atoms with Crippen molar-refractivity contribution in [1.29, 1.82) is 0 Å². The van der Waals surface area contributed by atoms with Crippen LogP contribution in [0.4, 0.5) is 0 Å². The first-order chi connectivity index (χ1) is 6.27. The standard InChI is InChI=1S/C10H22N2S/c1-3-12-6-4-9(5-7-12)10(11)8-13-2/h9-10H,3-8,11H2,1-2H3. The maximum Gasteiger partial charge on any atom is 0.0159 e. The highest BCUT2D eigenvalue weighted by molar-refractivity contribution is 7.98. The molecule has 0 aromatic rings. The molecule has 78 valence electrons. The third-order valence-electron chi connectivity index (χ3n) is 3.04. The summed E-state index contributed by atoms with van der Waals surface area (Å²) in [4.78, 5) is 2.52. The van der Waals surface area contributed by atoms with Crippen LogP contribution in [0, 0.1) is 5.92 Å². The van der Waals surface area contributed by atoms with Gasteiger partial charge < -0.3 is 10.6 Å². The van der Waals surface area contributed by atoms with Gasteiger partial charge in [0.15, 0.2) is 0 Å². The molecule has 0 aromatic heterocycles. The first-order valence-corrected chi connectivity index (χ1v) is 6.64. The van der Waals surface area contributed by atoms with Crippen LogP contribution in [0.2, 0.25) is 0 Å². The van der Waals surface area contributed by atoms with Crippen molar-refractivity contribution in [3.63, 3.8) is 0 Å². The summed E-state index contributed by atoms with van der Waals surface area (Å²) >= 11 is 1.87. The Bertz CT molecular complexity index is 133. The molecule has 0 amide bonds. The minimum absolute atomic E-state index is 0.425. The van der Waals surface area contributed by atoms with Crippen molar-refractivity contribution in [2.24, 2.45) is 11.7 Å². The highest BCUT2D eigenvalue weighted by atomic mass is 32.2. The summed E-state index contributed by atoms with van der Waals surface area (Å²) in [6, 6.07) is 0.425. The Labute approximate surface area is 86.2 Å². The third-order valence-corrected chi connectivity index (χ3v) is 3.76. The van der Waals surface area contributed by atoms with E-state index in [4.69, 9.17) is 5.73 Å². The van der Waals surface area contributed by atoms with Crippen molar-refractivity contribution in [3.8, 4) is 0 Å². The lowest BCUT2D eigenvalue weighted by Gasteiger charge is -2.33. The van der Waals surface area contributed by atoms with Crippen molar-refractivity contribution >= 4 is 11.8 Å². The van der Waals surface area contributed by atoms with Crippen LogP contribution >= 0.6 is 11.8 Å². The highest BCUT2D eigenvalue weighted by Gasteiger charge is 2.22. The Hall–Kier alpha value is 0.270. The average Bonchev–Trinajstić information content (AvgIpc) is 2.18. The smallest absolute Gasteiger partial charge is 0.0159 e. The van der Waals surface area contributed by atoms with Crippen LogP contribution in [-0.2, 0) is 0 Å². The molecule has 1 fully saturated rings. The number of thioether (sulfide) groups is 1. The van der Waals surface area contributed by atoms with Gasteiger partial charge in [-0.05, 0) is 44.6 Å². The molecule has 1 heterocycles. The van der Waals surface area contributed by atoms with E-state index in [9.17, 15) is 0 Å². The van der Waals surface area contributed by atoms with Crippen molar-refractivity contribution < 1.29 is 0 Å². The Kier molecular flexibility index (Phi) is 5.14. The second-order valence-corrected chi connectivity index (χ2v) is 4.80. The Morgan fingerprint density at radius 1 is 1.46 bits per heavy atom. The largest absolute Gasteiger partial charge is 0.327 e. The van der Waals surface area contributed by atoms with Gasteiger partial charge in [0, 0.05) is 11.8 Å². The molecule has 1 aliphatic heterocycles. The average molecular weight is 202 g/mol. The van der Waals surface area contributed by atoms with Crippen molar-refractivity contribution in [2.75, 3.05) is 31.6 Å². The maximum atomic E-state index is 6.11. The second-order valence-electron chi connectivity index (χ2n) is 3.89. The zero-order valence-electron chi connectivity index (χ0n) is 8.83. The number of nitrogens with two attached hydrogens (primary N) is 1. The maximum absolute atomic E-state index is 6.11. The highest BCUT2D eigenvalue weighted by Crippen LogP contribution is 2.20. The first-order valence-electron chi connectivity index (χ1n) is 5.24. The van der Waals surface area contributed by atoms with Gasteiger partial charge in [-0.15, -0.1) is 0 Å². The minimum atomic E-state index is 0.425. The van der Waals surface area contributed by atoms with Crippen LogP contribution in [0.1, 0.15) is 19.8 Å². The number of rotatable bonds is 4. The van der Waals surface area contributed by atoms with E-state index in [1.54, 1.807) is 0 Å². The van der Waals surface area contributed by atoms with E-state index in [1.807, 2.05) is 11.8 Å². The summed E-state index contributed by atoms with van der Waals surface area (Å²) in [5, 5.41) is 0. The Morgan fingerprint density at radius 2 is 2.08 bits per heavy atom. The van der Waals surface area contributed by atoms with E-state index < -0.39 is 0 Å². The number of nitrogens with zero attached hydrogens (tertiary/aromatic N) is 1. The van der Waals surface area contributed by atoms with Crippen molar-refractivity contribution in [3.05, 3.63) is 0 Å². The van der Waals surface area contributed by atoms with Crippen LogP contribution in [0.15, 0.2) is 0 Å². The van der Waals surface area contributed by atoms with E-state index in [-0.39, 0.29) is 0 Å². The molecular formula is C10H22N2S. The van der Waals surface area contributed by atoms with Gasteiger partial charge >= 0.3 is 0 Å². The molecule has 1 saturated heterocycles. The predicted molar refractivity (Wildman–Crippen MR) is 61.2 cm³/mol. The summed E-state index contributed by atoms with van der Waals surface area (Å²) in [5.41, 5.74) is 6.11. The second kappa shape index (κ2) is 5.89. The van der Waals surface area contributed by atoms with Crippen LogP contribution in [0.3, 0.4) is 0 Å². The fraction of sp³-hybridized carbons (Fsp3) is 1.00. The van der Waals surface area contributed by atoms with Gasteiger partial charge in [0.1, 0.15) is 0 Å². The van der Waals surface area contributed by atoms with Gasteiger partial charge in [0.2, 0.25) is 0 Å². The summed E-state index contributed by atoms with van der Waals surface area (Å²) in [6.07, 6.45) is 4.74. The lowest BCUT2D eigenvalue weighted by molar-refractivity contribution is 0.180. The molecule has 13 heavy (non-hydrogen) atoms. The van der Waals surface area contributed by atoms with Crippen LogP contribution in [0.5, 0.6) is 0 Å². The molecule has 0 spiro atoms. The molecule has 2 nitrogen and oxygen atoms in total. The monoisotopic (exact) mass is 202 g/mol. The van der Waals surface area contributed by atoms with Crippen LogP contribution < -0.4 is 5.73 Å². The summed E-state index contributed by atoms with van der Waals surface area (Å²) in [6.45, 7) is 5.94.